The lowest BCUT2D eigenvalue weighted by molar-refractivity contribution is 0.638. The van der Waals surface area contributed by atoms with Crippen LogP contribution in [0.2, 0.25) is 0 Å². The molecule has 0 atom stereocenters. The van der Waals surface area contributed by atoms with Gasteiger partial charge in [0.1, 0.15) is 0 Å². The Balaban J connectivity index is 1.13. The number of anilines is 3. The molecule has 0 saturated carbocycles. The molecule has 282 valence electrons. The van der Waals surface area contributed by atoms with Gasteiger partial charge < -0.3 is 9.47 Å². The van der Waals surface area contributed by atoms with Crippen LogP contribution in [-0.2, 0) is 5.41 Å². The first-order chi connectivity index (χ1) is 29.5. The van der Waals surface area contributed by atoms with Crippen LogP contribution in [0.5, 0.6) is 0 Å². The van der Waals surface area contributed by atoms with Crippen LogP contribution in [0, 0.1) is 0 Å². The Hall–Kier alpha value is -7.42. The minimum Gasteiger partial charge on any atom is -0.309 e. The SMILES string of the molecule is CC1(C)c2ccccc2N(c2cc3ccc4ccccc4c3c3ccccc23)c2ccc3c(c21)c1ccccc1n3C1=Cc2ccc3ccccc3c2C2=CC=CC=C1C2. The van der Waals surface area contributed by atoms with Crippen LogP contribution in [0.4, 0.5) is 17.1 Å². The summed E-state index contributed by atoms with van der Waals surface area (Å²) in [6.45, 7) is 4.86. The minimum absolute atomic E-state index is 0.302. The average Bonchev–Trinajstić information content (AvgIpc) is 3.39. The summed E-state index contributed by atoms with van der Waals surface area (Å²) < 4.78 is 2.56. The maximum Gasteiger partial charge on any atom is 0.0546 e. The van der Waals surface area contributed by atoms with Gasteiger partial charge in [-0.25, -0.2) is 0 Å². The maximum absolute atomic E-state index is 2.57. The van der Waals surface area contributed by atoms with Gasteiger partial charge in [0, 0.05) is 28.0 Å². The van der Waals surface area contributed by atoms with Crippen molar-refractivity contribution in [2.24, 2.45) is 0 Å². The zero-order valence-corrected chi connectivity index (χ0v) is 33.6. The number of rotatable bonds is 2. The monoisotopic (exact) mass is 764 g/mol. The van der Waals surface area contributed by atoms with Crippen LogP contribution in [-0.4, -0.2) is 4.57 Å². The molecule has 1 aromatic heterocycles. The average molecular weight is 765 g/mol. The minimum atomic E-state index is -0.302. The van der Waals surface area contributed by atoms with Crippen LogP contribution >= 0.6 is 0 Å². The molecule has 0 radical (unpaired) electrons. The van der Waals surface area contributed by atoms with Crippen molar-refractivity contribution in [2.75, 3.05) is 4.90 Å². The van der Waals surface area contributed by atoms with Gasteiger partial charge in [0.25, 0.3) is 0 Å². The largest absolute Gasteiger partial charge is 0.309 e. The molecule has 2 bridgehead atoms. The van der Waals surface area contributed by atoms with E-state index >= 15 is 0 Å². The third-order valence-electron chi connectivity index (χ3n) is 13.7. The first-order valence-corrected chi connectivity index (χ1v) is 21.1. The highest BCUT2D eigenvalue weighted by molar-refractivity contribution is 6.24. The van der Waals surface area contributed by atoms with Crippen molar-refractivity contribution in [1.29, 1.82) is 0 Å². The fourth-order valence-electron chi connectivity index (χ4n) is 11.1. The molecule has 2 heterocycles. The lowest BCUT2D eigenvalue weighted by Crippen LogP contribution is -2.31. The number of hydrogen-bond acceptors (Lipinski definition) is 1. The predicted octanol–water partition coefficient (Wildman–Crippen LogP) is 15.8. The van der Waals surface area contributed by atoms with Crippen LogP contribution in [0.15, 0.2) is 194 Å². The first-order valence-electron chi connectivity index (χ1n) is 21.1. The summed E-state index contributed by atoms with van der Waals surface area (Å²) in [7, 11) is 0. The molecule has 0 unspecified atom stereocenters. The van der Waals surface area contributed by atoms with Crippen molar-refractivity contribution in [1.82, 2.24) is 4.57 Å². The van der Waals surface area contributed by atoms with E-state index in [0.29, 0.717) is 0 Å². The Kier molecular flexibility index (Phi) is 6.88. The summed E-state index contributed by atoms with van der Waals surface area (Å²) in [5.74, 6) is 0. The van der Waals surface area contributed by atoms with Crippen molar-refractivity contribution < 1.29 is 0 Å². The molecule has 2 aliphatic carbocycles. The summed E-state index contributed by atoms with van der Waals surface area (Å²) in [6.07, 6.45) is 12.4. The second-order valence-electron chi connectivity index (χ2n) is 17.2. The molecule has 10 aromatic rings. The molecule has 0 N–H and O–H groups in total. The number of fused-ring (bicyclic) bond motifs is 17. The number of allylic oxidation sites excluding steroid dienone is 7. The number of aromatic nitrogens is 1. The van der Waals surface area contributed by atoms with Gasteiger partial charge in [-0.05, 0) is 108 Å². The molecule has 0 fully saturated rings. The zero-order valence-electron chi connectivity index (χ0n) is 33.6. The molecule has 0 spiro atoms. The molecule has 2 nitrogen and oxygen atoms in total. The second kappa shape index (κ2) is 12.3. The van der Waals surface area contributed by atoms with Crippen LogP contribution < -0.4 is 4.90 Å². The van der Waals surface area contributed by atoms with Crippen LogP contribution in [0.3, 0.4) is 0 Å². The fourth-order valence-corrected chi connectivity index (χ4v) is 11.1. The first kappa shape index (κ1) is 33.5. The van der Waals surface area contributed by atoms with Gasteiger partial charge in [0.2, 0.25) is 0 Å². The molecule has 9 aromatic carbocycles. The second-order valence-corrected chi connectivity index (χ2v) is 17.2. The van der Waals surface area contributed by atoms with Gasteiger partial charge in [-0.1, -0.05) is 172 Å². The Bertz CT molecular complexity index is 3660. The number of benzene rings is 9. The van der Waals surface area contributed by atoms with Crippen LogP contribution in [0.1, 0.15) is 42.5 Å². The quantitative estimate of drug-likeness (QED) is 0.159. The molecule has 3 aliphatic rings. The highest BCUT2D eigenvalue weighted by Crippen LogP contribution is 2.57. The van der Waals surface area contributed by atoms with Crippen molar-refractivity contribution in [2.45, 2.75) is 25.7 Å². The third kappa shape index (κ3) is 4.53. The molecular formula is C58H40N2. The van der Waals surface area contributed by atoms with E-state index in [4.69, 9.17) is 0 Å². The number of hydrogen-bond donors (Lipinski definition) is 0. The summed E-state index contributed by atoms with van der Waals surface area (Å²) in [4.78, 5) is 2.57. The van der Waals surface area contributed by atoms with E-state index in [0.717, 1.165) is 6.42 Å². The van der Waals surface area contributed by atoms with Gasteiger partial charge >= 0.3 is 0 Å². The topological polar surface area (TPSA) is 8.17 Å². The summed E-state index contributed by atoms with van der Waals surface area (Å²) >= 11 is 0. The van der Waals surface area contributed by atoms with E-state index in [2.05, 4.69) is 217 Å². The standard InChI is InChI=1S/C58H40N2/c1-58(2)47-24-12-14-26-49(47)60(53-35-41-30-28-37-16-6-8-20-43(37)55(41)45-22-10-9-21-44(45)53)51-32-31-50-56(57(51)58)46-23-11-13-25-48(46)59(50)52-34-40-29-27-36-15-5-7-19-42(36)54(40)39-18-4-3-17-38(52)33-39/h3-32,34-35H,33H2,1-2H3. The molecule has 13 rings (SSSR count). The Morgan fingerprint density at radius 2 is 1.12 bits per heavy atom. The molecule has 0 saturated heterocycles. The van der Waals surface area contributed by atoms with Gasteiger partial charge in [0.05, 0.1) is 33.8 Å². The van der Waals surface area contributed by atoms with Gasteiger partial charge in [-0.2, -0.15) is 0 Å². The van der Waals surface area contributed by atoms with E-state index in [1.165, 1.54) is 121 Å². The highest BCUT2D eigenvalue weighted by atomic mass is 15.2. The van der Waals surface area contributed by atoms with Crippen LogP contribution in [0.25, 0.3) is 82.2 Å². The van der Waals surface area contributed by atoms with Crippen molar-refractivity contribution in [3.05, 3.63) is 216 Å². The Morgan fingerprint density at radius 3 is 1.97 bits per heavy atom. The van der Waals surface area contributed by atoms with Crippen molar-refractivity contribution in [3.8, 4) is 0 Å². The number of nitrogens with zero attached hydrogens (tertiary/aromatic N) is 2. The molecule has 60 heavy (non-hydrogen) atoms. The smallest absolute Gasteiger partial charge is 0.0546 e. The van der Waals surface area contributed by atoms with Gasteiger partial charge in [-0.3, -0.25) is 0 Å². The molecule has 2 heteroatoms. The lowest BCUT2D eigenvalue weighted by atomic mass is 9.72. The van der Waals surface area contributed by atoms with E-state index in [1.54, 1.807) is 0 Å². The lowest BCUT2D eigenvalue weighted by Gasteiger charge is -2.43. The van der Waals surface area contributed by atoms with Crippen molar-refractivity contribution in [3.63, 3.8) is 0 Å². The number of para-hydroxylation sites is 2. The summed E-state index contributed by atoms with van der Waals surface area (Å²) in [5.41, 5.74) is 15.0. The van der Waals surface area contributed by atoms with E-state index in [-0.39, 0.29) is 5.41 Å². The zero-order chi connectivity index (χ0) is 39.7. The normalized spacial score (nSPS) is 15.4. The van der Waals surface area contributed by atoms with E-state index in [9.17, 15) is 0 Å². The highest BCUT2D eigenvalue weighted by Gasteiger charge is 2.40. The van der Waals surface area contributed by atoms with E-state index < -0.39 is 0 Å². The van der Waals surface area contributed by atoms with Gasteiger partial charge in [-0.15, -0.1) is 0 Å². The predicted molar refractivity (Wildman–Crippen MR) is 257 cm³/mol. The Morgan fingerprint density at radius 1 is 0.467 bits per heavy atom. The van der Waals surface area contributed by atoms with Gasteiger partial charge in [0.15, 0.2) is 0 Å². The van der Waals surface area contributed by atoms with Crippen molar-refractivity contribution >= 4 is 99.3 Å². The molecular weight excluding hydrogens is 725 g/mol. The molecule has 1 aliphatic heterocycles. The summed E-state index contributed by atoms with van der Waals surface area (Å²) in [5, 5.41) is 12.8. The fraction of sp³-hybridized carbons (Fsp3) is 0.0690. The van der Waals surface area contributed by atoms with E-state index in [1.807, 2.05) is 0 Å². The third-order valence-corrected chi connectivity index (χ3v) is 13.7. The molecule has 0 amide bonds. The maximum atomic E-state index is 2.57. The Labute approximate surface area is 348 Å². The summed E-state index contributed by atoms with van der Waals surface area (Å²) in [6, 6.07) is 61.2.